The molecule has 2 heteroatoms. The summed E-state index contributed by atoms with van der Waals surface area (Å²) in [6, 6.07) is 3.82. The maximum Gasteiger partial charge on any atom is 0.126 e. The molecule has 0 saturated carbocycles. The SMILES string of the molecule is C=CC(C)c1c(O)cc(CCC)cc1OC. The van der Waals surface area contributed by atoms with Crippen LogP contribution in [0.5, 0.6) is 11.5 Å². The van der Waals surface area contributed by atoms with E-state index in [1.54, 1.807) is 13.2 Å². The smallest absolute Gasteiger partial charge is 0.126 e. The largest absolute Gasteiger partial charge is 0.507 e. The van der Waals surface area contributed by atoms with Crippen LogP contribution >= 0.6 is 0 Å². The number of phenols is 1. The Morgan fingerprint density at radius 1 is 1.50 bits per heavy atom. The second-order valence-corrected chi connectivity index (χ2v) is 4.01. The molecule has 0 fully saturated rings. The monoisotopic (exact) mass is 220 g/mol. The van der Waals surface area contributed by atoms with Gasteiger partial charge in [0.25, 0.3) is 0 Å². The fourth-order valence-electron chi connectivity index (χ4n) is 1.84. The number of ether oxygens (including phenoxy) is 1. The number of benzene rings is 1. The highest BCUT2D eigenvalue weighted by Crippen LogP contribution is 2.36. The third kappa shape index (κ3) is 2.57. The molecule has 1 N–H and O–H groups in total. The van der Waals surface area contributed by atoms with Gasteiger partial charge in [0.1, 0.15) is 11.5 Å². The van der Waals surface area contributed by atoms with Crippen LogP contribution < -0.4 is 4.74 Å². The average molecular weight is 220 g/mol. The van der Waals surface area contributed by atoms with Gasteiger partial charge < -0.3 is 9.84 Å². The van der Waals surface area contributed by atoms with E-state index in [1.165, 1.54) is 0 Å². The molecule has 16 heavy (non-hydrogen) atoms. The minimum absolute atomic E-state index is 0.0885. The van der Waals surface area contributed by atoms with E-state index in [9.17, 15) is 5.11 Å². The van der Waals surface area contributed by atoms with Crippen LogP contribution in [0, 0.1) is 0 Å². The molecular weight excluding hydrogens is 200 g/mol. The van der Waals surface area contributed by atoms with Crippen molar-refractivity contribution in [3.8, 4) is 11.5 Å². The molecule has 1 unspecified atom stereocenters. The Bertz CT molecular complexity index is 369. The Morgan fingerprint density at radius 2 is 2.19 bits per heavy atom. The van der Waals surface area contributed by atoms with E-state index in [-0.39, 0.29) is 5.92 Å². The number of hydrogen-bond acceptors (Lipinski definition) is 2. The summed E-state index contributed by atoms with van der Waals surface area (Å²) in [7, 11) is 1.63. The molecule has 0 saturated heterocycles. The Hall–Kier alpha value is -1.44. The molecule has 1 atom stereocenters. The van der Waals surface area contributed by atoms with E-state index in [2.05, 4.69) is 13.5 Å². The Kier molecular flexibility index (Phi) is 4.41. The lowest BCUT2D eigenvalue weighted by Gasteiger charge is -2.15. The first-order chi connectivity index (χ1) is 7.63. The Morgan fingerprint density at radius 3 is 2.69 bits per heavy atom. The van der Waals surface area contributed by atoms with Crippen molar-refractivity contribution in [2.45, 2.75) is 32.6 Å². The molecule has 0 amide bonds. The van der Waals surface area contributed by atoms with Gasteiger partial charge in [0.05, 0.1) is 7.11 Å². The summed E-state index contributed by atoms with van der Waals surface area (Å²) in [5.74, 6) is 1.14. The van der Waals surface area contributed by atoms with Crippen molar-refractivity contribution in [2.24, 2.45) is 0 Å². The average Bonchev–Trinajstić information content (AvgIpc) is 2.27. The predicted octanol–water partition coefficient (Wildman–Crippen LogP) is 3.64. The first kappa shape index (κ1) is 12.6. The van der Waals surface area contributed by atoms with Crippen molar-refractivity contribution in [3.63, 3.8) is 0 Å². The van der Waals surface area contributed by atoms with Gasteiger partial charge in [-0.2, -0.15) is 0 Å². The third-order valence-corrected chi connectivity index (χ3v) is 2.75. The van der Waals surface area contributed by atoms with Gasteiger partial charge in [-0.3, -0.25) is 0 Å². The summed E-state index contributed by atoms with van der Waals surface area (Å²) in [6.07, 6.45) is 3.81. The lowest BCUT2D eigenvalue weighted by atomic mass is 9.96. The lowest BCUT2D eigenvalue weighted by molar-refractivity contribution is 0.397. The van der Waals surface area contributed by atoms with Crippen LogP contribution in [0.1, 0.15) is 37.3 Å². The molecule has 0 aliphatic carbocycles. The first-order valence-corrected chi connectivity index (χ1v) is 5.66. The zero-order valence-corrected chi connectivity index (χ0v) is 10.3. The molecule has 0 bridgehead atoms. The normalized spacial score (nSPS) is 12.2. The second-order valence-electron chi connectivity index (χ2n) is 4.01. The summed E-state index contributed by atoms with van der Waals surface area (Å²) in [4.78, 5) is 0. The van der Waals surface area contributed by atoms with Gasteiger partial charge in [0.2, 0.25) is 0 Å². The van der Waals surface area contributed by atoms with Gasteiger partial charge in [-0.15, -0.1) is 6.58 Å². The van der Waals surface area contributed by atoms with Crippen LogP contribution in [-0.2, 0) is 6.42 Å². The quantitative estimate of drug-likeness (QED) is 0.768. The summed E-state index contributed by atoms with van der Waals surface area (Å²) >= 11 is 0. The molecule has 0 heterocycles. The fraction of sp³-hybridized carbons (Fsp3) is 0.429. The number of aromatic hydroxyl groups is 1. The van der Waals surface area contributed by atoms with Gasteiger partial charge >= 0.3 is 0 Å². The van der Waals surface area contributed by atoms with Crippen molar-refractivity contribution in [2.75, 3.05) is 7.11 Å². The second kappa shape index (κ2) is 5.59. The molecular formula is C14H20O2. The highest BCUT2D eigenvalue weighted by atomic mass is 16.5. The fourth-order valence-corrected chi connectivity index (χ4v) is 1.84. The van der Waals surface area contributed by atoms with Crippen molar-refractivity contribution in [1.82, 2.24) is 0 Å². The van der Waals surface area contributed by atoms with Gasteiger partial charge in [0, 0.05) is 11.5 Å². The van der Waals surface area contributed by atoms with E-state index in [1.807, 2.05) is 19.1 Å². The maximum absolute atomic E-state index is 10.0. The van der Waals surface area contributed by atoms with Crippen LogP contribution in [0.25, 0.3) is 0 Å². The van der Waals surface area contributed by atoms with E-state index in [0.717, 1.165) is 29.7 Å². The van der Waals surface area contributed by atoms with Gasteiger partial charge in [-0.25, -0.2) is 0 Å². The zero-order valence-electron chi connectivity index (χ0n) is 10.3. The zero-order chi connectivity index (χ0) is 12.1. The lowest BCUT2D eigenvalue weighted by Crippen LogP contribution is -1.98. The molecule has 0 aromatic heterocycles. The van der Waals surface area contributed by atoms with Crippen LogP contribution in [0.15, 0.2) is 24.8 Å². The van der Waals surface area contributed by atoms with Gasteiger partial charge in [-0.05, 0) is 24.1 Å². The molecule has 1 aromatic carbocycles. The molecule has 88 valence electrons. The summed E-state index contributed by atoms with van der Waals surface area (Å²) < 4.78 is 5.33. The van der Waals surface area contributed by atoms with Crippen LogP contribution in [0.2, 0.25) is 0 Å². The molecule has 0 aliphatic heterocycles. The number of hydrogen-bond donors (Lipinski definition) is 1. The Balaban J connectivity index is 3.22. The number of allylic oxidation sites excluding steroid dienone is 1. The topological polar surface area (TPSA) is 29.5 Å². The molecule has 1 rings (SSSR count). The van der Waals surface area contributed by atoms with E-state index in [0.29, 0.717) is 5.75 Å². The van der Waals surface area contributed by atoms with Crippen LogP contribution in [0.3, 0.4) is 0 Å². The predicted molar refractivity (Wildman–Crippen MR) is 67.3 cm³/mol. The first-order valence-electron chi connectivity index (χ1n) is 5.66. The number of methoxy groups -OCH3 is 1. The number of phenolic OH excluding ortho intramolecular Hbond substituents is 1. The van der Waals surface area contributed by atoms with Crippen molar-refractivity contribution in [1.29, 1.82) is 0 Å². The van der Waals surface area contributed by atoms with Crippen molar-refractivity contribution < 1.29 is 9.84 Å². The van der Waals surface area contributed by atoms with Crippen LogP contribution in [0.4, 0.5) is 0 Å². The van der Waals surface area contributed by atoms with E-state index < -0.39 is 0 Å². The third-order valence-electron chi connectivity index (χ3n) is 2.75. The highest BCUT2D eigenvalue weighted by molar-refractivity contribution is 5.50. The van der Waals surface area contributed by atoms with Crippen molar-refractivity contribution in [3.05, 3.63) is 35.9 Å². The standard InChI is InChI=1S/C14H20O2/c1-5-7-11-8-12(15)14(10(3)6-2)13(9-11)16-4/h6,8-10,15H,2,5,7H2,1,3-4H3. The van der Waals surface area contributed by atoms with Gasteiger partial charge in [-0.1, -0.05) is 26.3 Å². The molecule has 0 spiro atoms. The highest BCUT2D eigenvalue weighted by Gasteiger charge is 2.15. The van der Waals surface area contributed by atoms with Gasteiger partial charge in [0.15, 0.2) is 0 Å². The minimum atomic E-state index is 0.0885. The Labute approximate surface area is 97.6 Å². The summed E-state index contributed by atoms with van der Waals surface area (Å²) in [6.45, 7) is 7.85. The van der Waals surface area contributed by atoms with Crippen LogP contribution in [-0.4, -0.2) is 12.2 Å². The van der Waals surface area contributed by atoms with Crippen molar-refractivity contribution >= 4 is 0 Å². The molecule has 0 aliphatic rings. The van der Waals surface area contributed by atoms with E-state index >= 15 is 0 Å². The molecule has 0 radical (unpaired) electrons. The number of aryl methyl sites for hydroxylation is 1. The molecule has 1 aromatic rings. The molecule has 2 nitrogen and oxygen atoms in total. The summed E-state index contributed by atoms with van der Waals surface area (Å²) in [5.41, 5.74) is 1.93. The number of rotatable bonds is 5. The maximum atomic E-state index is 10.0. The summed E-state index contributed by atoms with van der Waals surface area (Å²) in [5, 5.41) is 10.0. The van der Waals surface area contributed by atoms with E-state index in [4.69, 9.17) is 4.74 Å². The minimum Gasteiger partial charge on any atom is -0.507 e.